The molecule has 1 saturated heterocycles. The van der Waals surface area contributed by atoms with Crippen molar-refractivity contribution >= 4 is 28.0 Å². The Morgan fingerprint density at radius 2 is 2.06 bits per heavy atom. The minimum atomic E-state index is -0.0979. The summed E-state index contributed by atoms with van der Waals surface area (Å²) in [6, 6.07) is 7.56. The SMILES string of the molecule is Cn1ccc2c(OC3CC4(C3)CN(CCCc3cc5nncn5cn3)C4)ccc(Cl)c2c1=O. The number of pyridine rings is 1. The van der Waals surface area contributed by atoms with Gasteiger partial charge in [-0.05, 0) is 50.4 Å². The molecule has 0 radical (unpaired) electrons. The first-order valence-corrected chi connectivity index (χ1v) is 11.7. The summed E-state index contributed by atoms with van der Waals surface area (Å²) in [4.78, 5) is 19.5. The predicted molar refractivity (Wildman–Crippen MR) is 126 cm³/mol. The second kappa shape index (κ2) is 7.81. The maximum atomic E-state index is 12.5. The van der Waals surface area contributed by atoms with Gasteiger partial charge in [-0.25, -0.2) is 4.98 Å². The number of benzene rings is 1. The maximum absolute atomic E-state index is 12.5. The smallest absolute Gasteiger partial charge is 0.259 e. The molecule has 9 heteroatoms. The number of rotatable bonds is 6. The molecule has 4 heterocycles. The Morgan fingerprint density at radius 3 is 2.91 bits per heavy atom. The molecule has 0 bridgehead atoms. The van der Waals surface area contributed by atoms with E-state index in [4.69, 9.17) is 16.3 Å². The highest BCUT2D eigenvalue weighted by Gasteiger charge is 2.53. The van der Waals surface area contributed by atoms with Crippen molar-refractivity contribution in [3.63, 3.8) is 0 Å². The molecule has 2 aliphatic rings. The second-order valence-electron chi connectivity index (χ2n) is 9.50. The molecule has 8 nitrogen and oxygen atoms in total. The number of nitrogens with zero attached hydrogens (tertiary/aromatic N) is 6. The Hall–Kier alpha value is -2.97. The molecular weight excluding hydrogens is 440 g/mol. The Kier molecular flexibility index (Phi) is 4.88. The number of hydrogen-bond donors (Lipinski definition) is 0. The number of aromatic nitrogens is 5. The van der Waals surface area contributed by atoms with Gasteiger partial charge in [0.1, 0.15) is 18.4 Å². The molecule has 6 rings (SSSR count). The van der Waals surface area contributed by atoms with Crippen LogP contribution in [0.2, 0.25) is 5.02 Å². The fourth-order valence-corrected chi connectivity index (χ4v) is 5.61. The summed E-state index contributed by atoms with van der Waals surface area (Å²) in [5, 5.41) is 9.77. The third-order valence-electron chi connectivity index (χ3n) is 7.04. The van der Waals surface area contributed by atoms with Gasteiger partial charge in [0.05, 0.1) is 16.5 Å². The molecule has 1 aliphatic heterocycles. The summed E-state index contributed by atoms with van der Waals surface area (Å²) in [7, 11) is 1.73. The molecule has 0 amide bonds. The molecule has 0 N–H and O–H groups in total. The lowest BCUT2D eigenvalue weighted by molar-refractivity contribution is -0.118. The first-order chi connectivity index (χ1) is 16.0. The molecule has 3 aromatic heterocycles. The quantitative estimate of drug-likeness (QED) is 0.436. The van der Waals surface area contributed by atoms with Crippen LogP contribution in [0.25, 0.3) is 16.4 Å². The molecule has 4 aromatic rings. The highest BCUT2D eigenvalue weighted by molar-refractivity contribution is 6.35. The van der Waals surface area contributed by atoms with Crippen molar-refractivity contribution < 1.29 is 4.74 Å². The standard InChI is InChI=1S/C24H25ClN6O2/c1-29-8-6-18-20(5-4-19(25)22(18)23(29)32)33-17-10-24(11-17)12-30(13-24)7-2-3-16-9-21-28-27-15-31(21)14-26-16/h4-6,8-9,14-15,17H,2-3,7,10-13H2,1H3. The topological polar surface area (TPSA) is 77.6 Å². The van der Waals surface area contributed by atoms with Crippen LogP contribution in [0.15, 0.2) is 47.9 Å². The summed E-state index contributed by atoms with van der Waals surface area (Å²) in [5.74, 6) is 0.750. The molecule has 0 unspecified atom stereocenters. The largest absolute Gasteiger partial charge is 0.490 e. The fraction of sp³-hybridized carbons (Fsp3) is 0.417. The number of hydrogen-bond acceptors (Lipinski definition) is 6. The van der Waals surface area contributed by atoms with Crippen molar-refractivity contribution in [3.8, 4) is 5.75 Å². The molecule has 33 heavy (non-hydrogen) atoms. The Labute approximate surface area is 195 Å². The molecule has 2 fully saturated rings. The summed E-state index contributed by atoms with van der Waals surface area (Å²) in [6.07, 6.45) is 9.55. The Balaban J connectivity index is 1.01. The van der Waals surface area contributed by atoms with E-state index in [9.17, 15) is 4.79 Å². The molecular formula is C24H25ClN6O2. The van der Waals surface area contributed by atoms with E-state index >= 15 is 0 Å². The van der Waals surface area contributed by atoms with Crippen LogP contribution >= 0.6 is 11.6 Å². The zero-order chi connectivity index (χ0) is 22.6. The van der Waals surface area contributed by atoms with Crippen LogP contribution in [-0.2, 0) is 13.5 Å². The van der Waals surface area contributed by atoms with Crippen LogP contribution in [-0.4, -0.2) is 54.8 Å². The number of ether oxygens (including phenoxy) is 1. The lowest BCUT2D eigenvalue weighted by Gasteiger charge is -2.58. The van der Waals surface area contributed by atoms with Crippen molar-refractivity contribution in [1.82, 2.24) is 29.0 Å². The molecule has 0 atom stereocenters. The van der Waals surface area contributed by atoms with E-state index in [2.05, 4.69) is 20.1 Å². The van der Waals surface area contributed by atoms with E-state index in [1.807, 2.05) is 22.6 Å². The van der Waals surface area contributed by atoms with E-state index in [0.717, 1.165) is 67.8 Å². The average Bonchev–Trinajstić information content (AvgIpc) is 3.22. The van der Waals surface area contributed by atoms with Gasteiger partial charge in [-0.15, -0.1) is 10.2 Å². The number of likely N-dealkylation sites (tertiary alicyclic amines) is 1. The van der Waals surface area contributed by atoms with E-state index in [0.29, 0.717) is 15.8 Å². The van der Waals surface area contributed by atoms with Gasteiger partial charge >= 0.3 is 0 Å². The third-order valence-corrected chi connectivity index (χ3v) is 7.35. The van der Waals surface area contributed by atoms with Crippen LogP contribution < -0.4 is 10.3 Å². The minimum Gasteiger partial charge on any atom is -0.490 e. The summed E-state index contributed by atoms with van der Waals surface area (Å²) < 4.78 is 9.67. The molecule has 1 saturated carbocycles. The third kappa shape index (κ3) is 3.67. The second-order valence-corrected chi connectivity index (χ2v) is 9.91. The van der Waals surface area contributed by atoms with E-state index < -0.39 is 0 Å². The number of fused-ring (bicyclic) bond motifs is 2. The van der Waals surface area contributed by atoms with Gasteiger partial charge < -0.3 is 14.2 Å². The molecule has 170 valence electrons. The van der Waals surface area contributed by atoms with Crippen molar-refractivity contribution in [3.05, 3.63) is 64.2 Å². The highest BCUT2D eigenvalue weighted by Crippen LogP contribution is 2.50. The van der Waals surface area contributed by atoms with Crippen molar-refractivity contribution in [1.29, 1.82) is 0 Å². The van der Waals surface area contributed by atoms with Crippen molar-refractivity contribution in [2.75, 3.05) is 19.6 Å². The molecule has 1 aromatic carbocycles. The highest BCUT2D eigenvalue weighted by atomic mass is 35.5. The van der Waals surface area contributed by atoms with E-state index in [1.165, 1.54) is 0 Å². The van der Waals surface area contributed by atoms with E-state index in [-0.39, 0.29) is 11.7 Å². The maximum Gasteiger partial charge on any atom is 0.259 e. The Morgan fingerprint density at radius 1 is 1.21 bits per heavy atom. The van der Waals surface area contributed by atoms with E-state index in [1.54, 1.807) is 36.5 Å². The van der Waals surface area contributed by atoms with Gasteiger partial charge in [0, 0.05) is 48.9 Å². The van der Waals surface area contributed by atoms with Gasteiger partial charge in [-0.3, -0.25) is 9.20 Å². The summed E-state index contributed by atoms with van der Waals surface area (Å²) in [6.45, 7) is 3.34. The van der Waals surface area contributed by atoms with Crippen LogP contribution in [0.4, 0.5) is 0 Å². The normalized spacial score (nSPS) is 18.0. The van der Waals surface area contributed by atoms with Gasteiger partial charge in [-0.1, -0.05) is 11.6 Å². The van der Waals surface area contributed by atoms with Crippen molar-refractivity contribution in [2.24, 2.45) is 12.5 Å². The zero-order valence-electron chi connectivity index (χ0n) is 18.4. The zero-order valence-corrected chi connectivity index (χ0v) is 19.2. The van der Waals surface area contributed by atoms with Crippen LogP contribution in [0.3, 0.4) is 0 Å². The van der Waals surface area contributed by atoms with Crippen LogP contribution in [0.5, 0.6) is 5.75 Å². The van der Waals surface area contributed by atoms with Gasteiger partial charge in [0.15, 0.2) is 5.65 Å². The monoisotopic (exact) mass is 464 g/mol. The lowest BCUT2D eigenvalue weighted by Crippen LogP contribution is -2.64. The van der Waals surface area contributed by atoms with Gasteiger partial charge in [-0.2, -0.15) is 0 Å². The number of halogens is 1. The van der Waals surface area contributed by atoms with Gasteiger partial charge in [0.25, 0.3) is 5.56 Å². The predicted octanol–water partition coefficient (Wildman–Crippen LogP) is 3.11. The fourth-order valence-electron chi connectivity index (χ4n) is 5.36. The minimum absolute atomic E-state index is 0.0979. The number of aryl methyl sites for hydroxylation is 2. The van der Waals surface area contributed by atoms with Crippen LogP contribution in [0.1, 0.15) is 25.0 Å². The summed E-state index contributed by atoms with van der Waals surface area (Å²) >= 11 is 6.30. The summed E-state index contributed by atoms with van der Waals surface area (Å²) in [5.41, 5.74) is 2.20. The lowest BCUT2D eigenvalue weighted by atomic mass is 9.61. The van der Waals surface area contributed by atoms with Crippen LogP contribution in [0, 0.1) is 5.41 Å². The first kappa shape index (κ1) is 20.6. The first-order valence-electron chi connectivity index (χ1n) is 11.3. The van der Waals surface area contributed by atoms with Crippen molar-refractivity contribution in [2.45, 2.75) is 31.8 Å². The Bertz CT molecular complexity index is 1400. The van der Waals surface area contributed by atoms with Gasteiger partial charge in [0.2, 0.25) is 0 Å². The average molecular weight is 465 g/mol. The molecule has 1 aliphatic carbocycles. The molecule has 1 spiro atoms.